The highest BCUT2D eigenvalue weighted by molar-refractivity contribution is 5.34. The van der Waals surface area contributed by atoms with Crippen molar-refractivity contribution >= 4 is 0 Å². The molecular formula is C14H19F4NO2. The molecular weight excluding hydrogens is 290 g/mol. The summed E-state index contributed by atoms with van der Waals surface area (Å²) in [5.41, 5.74) is 0.558. The molecule has 0 fully saturated rings. The van der Waals surface area contributed by atoms with Crippen LogP contribution in [-0.2, 0) is 11.3 Å². The molecule has 0 unspecified atom stereocenters. The molecule has 1 aromatic rings. The number of nitrogens with one attached hydrogen (secondary N) is 1. The number of halogens is 4. The first kappa shape index (κ1) is 17.7. The van der Waals surface area contributed by atoms with Crippen molar-refractivity contribution < 1.29 is 27.0 Å². The van der Waals surface area contributed by atoms with E-state index in [0.29, 0.717) is 18.0 Å². The van der Waals surface area contributed by atoms with Crippen molar-refractivity contribution in [1.29, 1.82) is 0 Å². The molecule has 0 saturated carbocycles. The summed E-state index contributed by atoms with van der Waals surface area (Å²) >= 11 is 0. The lowest BCUT2D eigenvalue weighted by atomic mass is 10.1. The molecule has 120 valence electrons. The van der Waals surface area contributed by atoms with E-state index >= 15 is 0 Å². The first-order valence-electron chi connectivity index (χ1n) is 6.61. The van der Waals surface area contributed by atoms with E-state index < -0.39 is 18.8 Å². The number of ether oxygens (including phenoxy) is 2. The standard InChI is InChI=1S/C14H19F4NO2/c1-10(2)8-19-9-11-4-3-5-12(15)13(11)20-6-7-21-14(16,17)18/h3-5,10,19H,6-9H2,1-2H3. The van der Waals surface area contributed by atoms with Gasteiger partial charge in [-0.25, -0.2) is 4.39 Å². The van der Waals surface area contributed by atoms with Crippen LogP contribution in [0.2, 0.25) is 0 Å². The summed E-state index contributed by atoms with van der Waals surface area (Å²) in [6.07, 6.45) is -4.71. The van der Waals surface area contributed by atoms with Gasteiger partial charge in [-0.15, -0.1) is 13.2 Å². The predicted molar refractivity (Wildman–Crippen MR) is 70.4 cm³/mol. The molecule has 0 radical (unpaired) electrons. The molecule has 0 spiro atoms. The van der Waals surface area contributed by atoms with Crippen LogP contribution in [0.4, 0.5) is 17.6 Å². The van der Waals surface area contributed by atoms with Gasteiger partial charge in [0, 0.05) is 12.1 Å². The van der Waals surface area contributed by atoms with Crippen molar-refractivity contribution in [3.8, 4) is 5.75 Å². The van der Waals surface area contributed by atoms with Gasteiger partial charge in [-0.1, -0.05) is 26.0 Å². The number of benzene rings is 1. The van der Waals surface area contributed by atoms with E-state index in [0.717, 1.165) is 6.54 Å². The van der Waals surface area contributed by atoms with Crippen LogP contribution in [0, 0.1) is 11.7 Å². The Bertz CT molecular complexity index is 435. The first-order chi connectivity index (χ1) is 9.79. The molecule has 1 rings (SSSR count). The quantitative estimate of drug-likeness (QED) is 0.589. The Morgan fingerprint density at radius 1 is 1.19 bits per heavy atom. The highest BCUT2D eigenvalue weighted by atomic mass is 19.4. The molecule has 0 aliphatic rings. The van der Waals surface area contributed by atoms with Crippen molar-refractivity contribution in [1.82, 2.24) is 5.32 Å². The summed E-state index contributed by atoms with van der Waals surface area (Å²) in [5.74, 6) is -0.214. The Kier molecular flexibility index (Phi) is 6.91. The van der Waals surface area contributed by atoms with Crippen molar-refractivity contribution in [3.63, 3.8) is 0 Å². The number of rotatable bonds is 8. The number of hydrogen-bond acceptors (Lipinski definition) is 3. The maximum atomic E-state index is 13.7. The van der Waals surface area contributed by atoms with E-state index in [9.17, 15) is 17.6 Å². The van der Waals surface area contributed by atoms with Gasteiger partial charge in [0.25, 0.3) is 0 Å². The summed E-state index contributed by atoms with van der Waals surface area (Å²) in [7, 11) is 0. The maximum Gasteiger partial charge on any atom is 0.522 e. The Morgan fingerprint density at radius 2 is 1.90 bits per heavy atom. The largest absolute Gasteiger partial charge is 0.522 e. The van der Waals surface area contributed by atoms with Gasteiger partial charge in [-0.2, -0.15) is 0 Å². The molecule has 7 heteroatoms. The molecule has 0 bridgehead atoms. The van der Waals surface area contributed by atoms with Gasteiger partial charge < -0.3 is 10.1 Å². The van der Waals surface area contributed by atoms with Crippen molar-refractivity contribution in [2.24, 2.45) is 5.92 Å². The minimum atomic E-state index is -4.71. The van der Waals surface area contributed by atoms with E-state index in [1.54, 1.807) is 6.07 Å². The molecule has 1 N–H and O–H groups in total. The summed E-state index contributed by atoms with van der Waals surface area (Å²) in [4.78, 5) is 0. The van der Waals surface area contributed by atoms with Crippen LogP contribution in [0.15, 0.2) is 18.2 Å². The summed E-state index contributed by atoms with van der Waals surface area (Å²) < 4.78 is 57.8. The average molecular weight is 309 g/mol. The van der Waals surface area contributed by atoms with Crippen molar-refractivity contribution in [2.45, 2.75) is 26.8 Å². The smallest absolute Gasteiger partial charge is 0.488 e. The van der Waals surface area contributed by atoms with E-state index in [4.69, 9.17) is 4.74 Å². The number of alkyl halides is 3. The van der Waals surface area contributed by atoms with E-state index in [1.165, 1.54) is 12.1 Å². The first-order valence-corrected chi connectivity index (χ1v) is 6.61. The van der Waals surface area contributed by atoms with Crippen LogP contribution < -0.4 is 10.1 Å². The molecule has 0 aliphatic carbocycles. The lowest BCUT2D eigenvalue weighted by Gasteiger charge is -2.14. The molecule has 0 saturated heterocycles. The topological polar surface area (TPSA) is 30.5 Å². The third-order valence-electron chi connectivity index (χ3n) is 2.51. The number of hydrogen-bond donors (Lipinski definition) is 1. The van der Waals surface area contributed by atoms with Crippen molar-refractivity contribution in [3.05, 3.63) is 29.6 Å². The van der Waals surface area contributed by atoms with Crippen LogP contribution in [-0.4, -0.2) is 26.1 Å². The molecule has 0 aromatic heterocycles. The summed E-state index contributed by atoms with van der Waals surface area (Å²) in [6, 6.07) is 4.39. The molecule has 0 aliphatic heterocycles. The SMILES string of the molecule is CC(C)CNCc1cccc(F)c1OCCOC(F)(F)F. The molecule has 0 atom stereocenters. The molecule has 0 heterocycles. The summed E-state index contributed by atoms with van der Waals surface area (Å²) in [6.45, 7) is 4.13. The van der Waals surface area contributed by atoms with Gasteiger partial charge in [0.2, 0.25) is 0 Å². The highest BCUT2D eigenvalue weighted by Gasteiger charge is 2.28. The molecule has 1 aromatic carbocycles. The lowest BCUT2D eigenvalue weighted by molar-refractivity contribution is -0.325. The zero-order valence-electron chi connectivity index (χ0n) is 12.0. The van der Waals surface area contributed by atoms with Gasteiger partial charge >= 0.3 is 6.36 Å². The van der Waals surface area contributed by atoms with Gasteiger partial charge in [0.15, 0.2) is 11.6 Å². The zero-order valence-corrected chi connectivity index (χ0v) is 12.0. The van der Waals surface area contributed by atoms with E-state index in [-0.39, 0.29) is 12.4 Å². The van der Waals surface area contributed by atoms with Crippen LogP contribution >= 0.6 is 0 Å². The van der Waals surface area contributed by atoms with Gasteiger partial charge in [0.05, 0.1) is 6.61 Å². The van der Waals surface area contributed by atoms with Gasteiger partial charge in [-0.3, -0.25) is 4.74 Å². The predicted octanol–water partition coefficient (Wildman–Crippen LogP) is 3.49. The second-order valence-corrected chi connectivity index (χ2v) is 4.90. The number of para-hydroxylation sites is 1. The minimum Gasteiger partial charge on any atom is -0.488 e. The molecule has 21 heavy (non-hydrogen) atoms. The maximum absolute atomic E-state index is 13.7. The zero-order chi connectivity index (χ0) is 15.9. The highest BCUT2D eigenvalue weighted by Crippen LogP contribution is 2.23. The fraction of sp³-hybridized carbons (Fsp3) is 0.571. The van der Waals surface area contributed by atoms with Crippen LogP contribution in [0.25, 0.3) is 0 Å². The van der Waals surface area contributed by atoms with E-state index in [1.807, 2.05) is 13.8 Å². The Morgan fingerprint density at radius 3 is 2.52 bits per heavy atom. The van der Waals surface area contributed by atoms with Crippen LogP contribution in [0.5, 0.6) is 5.75 Å². The normalized spacial score (nSPS) is 12.0. The van der Waals surface area contributed by atoms with Gasteiger partial charge in [0.1, 0.15) is 6.61 Å². The van der Waals surface area contributed by atoms with Crippen molar-refractivity contribution in [2.75, 3.05) is 19.8 Å². The monoisotopic (exact) mass is 309 g/mol. The second kappa shape index (κ2) is 8.19. The molecule has 0 amide bonds. The molecule has 3 nitrogen and oxygen atoms in total. The Balaban J connectivity index is 2.55. The fourth-order valence-corrected chi connectivity index (χ4v) is 1.65. The second-order valence-electron chi connectivity index (χ2n) is 4.90. The third-order valence-corrected chi connectivity index (χ3v) is 2.51. The fourth-order valence-electron chi connectivity index (χ4n) is 1.65. The lowest BCUT2D eigenvalue weighted by Crippen LogP contribution is -2.21. The Labute approximate surface area is 121 Å². The van der Waals surface area contributed by atoms with Gasteiger partial charge in [-0.05, 0) is 18.5 Å². The third kappa shape index (κ3) is 7.29. The Hall–Kier alpha value is -1.34. The minimum absolute atomic E-state index is 0.0421. The average Bonchev–Trinajstić information content (AvgIpc) is 2.35. The van der Waals surface area contributed by atoms with E-state index in [2.05, 4.69) is 10.1 Å². The van der Waals surface area contributed by atoms with Crippen LogP contribution in [0.3, 0.4) is 0 Å². The van der Waals surface area contributed by atoms with Crippen LogP contribution in [0.1, 0.15) is 19.4 Å². The summed E-state index contributed by atoms with van der Waals surface area (Å²) in [5, 5.41) is 3.13.